The number of rotatable bonds is 5. The van der Waals surface area contributed by atoms with E-state index in [1.54, 1.807) is 0 Å². The van der Waals surface area contributed by atoms with Crippen LogP contribution in [0, 0.1) is 6.92 Å². The van der Waals surface area contributed by atoms with Crippen LogP contribution in [0.25, 0.3) is 10.8 Å². The van der Waals surface area contributed by atoms with E-state index in [0.29, 0.717) is 0 Å². The lowest BCUT2D eigenvalue weighted by molar-refractivity contribution is 0.589. The summed E-state index contributed by atoms with van der Waals surface area (Å²) in [5.74, 6) is 1.07. The van der Waals surface area contributed by atoms with Gasteiger partial charge >= 0.3 is 0 Å². The fourth-order valence-electron chi connectivity index (χ4n) is 2.51. The SMILES string of the molecule is Cc1nccn1CCNCc1cccc2ccccc12. The van der Waals surface area contributed by atoms with Crippen molar-refractivity contribution >= 4 is 10.8 Å². The van der Waals surface area contributed by atoms with Crippen LogP contribution in [-0.4, -0.2) is 16.1 Å². The molecule has 0 aliphatic carbocycles. The van der Waals surface area contributed by atoms with Crippen molar-refractivity contribution in [1.29, 1.82) is 0 Å². The highest BCUT2D eigenvalue weighted by molar-refractivity contribution is 5.85. The van der Waals surface area contributed by atoms with Gasteiger partial charge in [0.2, 0.25) is 0 Å². The molecule has 0 aliphatic rings. The highest BCUT2D eigenvalue weighted by Gasteiger charge is 2.00. The minimum absolute atomic E-state index is 0.898. The van der Waals surface area contributed by atoms with Crippen molar-refractivity contribution in [3.05, 3.63) is 66.2 Å². The summed E-state index contributed by atoms with van der Waals surface area (Å²) in [5, 5.41) is 6.15. The van der Waals surface area contributed by atoms with Gasteiger partial charge in [0, 0.05) is 32.0 Å². The molecule has 1 N–H and O–H groups in total. The van der Waals surface area contributed by atoms with Crippen LogP contribution in [0.15, 0.2) is 54.9 Å². The summed E-state index contributed by atoms with van der Waals surface area (Å²) in [7, 11) is 0. The molecule has 0 spiro atoms. The number of hydrogen-bond donors (Lipinski definition) is 1. The topological polar surface area (TPSA) is 29.9 Å². The number of aryl methyl sites for hydroxylation is 1. The molecule has 3 heteroatoms. The lowest BCUT2D eigenvalue weighted by Crippen LogP contribution is -2.19. The second kappa shape index (κ2) is 5.88. The maximum absolute atomic E-state index is 4.23. The van der Waals surface area contributed by atoms with E-state index in [0.717, 1.165) is 25.5 Å². The van der Waals surface area contributed by atoms with Gasteiger partial charge < -0.3 is 9.88 Å². The fourth-order valence-corrected chi connectivity index (χ4v) is 2.51. The van der Waals surface area contributed by atoms with Gasteiger partial charge in [0.1, 0.15) is 5.82 Å². The molecule has 3 nitrogen and oxygen atoms in total. The summed E-state index contributed by atoms with van der Waals surface area (Å²) < 4.78 is 2.16. The van der Waals surface area contributed by atoms with Crippen LogP contribution in [0.5, 0.6) is 0 Å². The smallest absolute Gasteiger partial charge is 0.105 e. The normalized spacial score (nSPS) is 11.1. The third-order valence-corrected chi connectivity index (χ3v) is 3.65. The first kappa shape index (κ1) is 12.9. The molecule has 0 fully saturated rings. The molecular formula is C17H19N3. The molecule has 3 rings (SSSR count). The van der Waals surface area contributed by atoms with Crippen molar-refractivity contribution in [2.24, 2.45) is 0 Å². The van der Waals surface area contributed by atoms with Crippen LogP contribution < -0.4 is 5.32 Å². The zero-order valence-electron chi connectivity index (χ0n) is 11.7. The van der Waals surface area contributed by atoms with Crippen molar-refractivity contribution in [2.45, 2.75) is 20.0 Å². The van der Waals surface area contributed by atoms with Crippen LogP contribution in [0.4, 0.5) is 0 Å². The van der Waals surface area contributed by atoms with E-state index in [9.17, 15) is 0 Å². The summed E-state index contributed by atoms with van der Waals surface area (Å²) in [4.78, 5) is 4.23. The Morgan fingerprint density at radius 3 is 2.80 bits per heavy atom. The van der Waals surface area contributed by atoms with Crippen molar-refractivity contribution in [2.75, 3.05) is 6.54 Å². The van der Waals surface area contributed by atoms with Crippen molar-refractivity contribution in [1.82, 2.24) is 14.9 Å². The van der Waals surface area contributed by atoms with E-state index >= 15 is 0 Å². The fraction of sp³-hybridized carbons (Fsp3) is 0.235. The lowest BCUT2D eigenvalue weighted by atomic mass is 10.0. The van der Waals surface area contributed by atoms with Crippen LogP contribution in [0.1, 0.15) is 11.4 Å². The van der Waals surface area contributed by atoms with Gasteiger partial charge in [0.15, 0.2) is 0 Å². The molecule has 3 aromatic rings. The van der Waals surface area contributed by atoms with Gasteiger partial charge in [-0.3, -0.25) is 0 Å². The Morgan fingerprint density at radius 1 is 1.10 bits per heavy atom. The van der Waals surface area contributed by atoms with Gasteiger partial charge in [-0.1, -0.05) is 42.5 Å². The highest BCUT2D eigenvalue weighted by atomic mass is 15.1. The van der Waals surface area contributed by atoms with Gasteiger partial charge in [0.05, 0.1) is 0 Å². The average Bonchev–Trinajstić information content (AvgIpc) is 2.89. The molecule has 0 bridgehead atoms. The zero-order chi connectivity index (χ0) is 13.8. The van der Waals surface area contributed by atoms with Crippen molar-refractivity contribution < 1.29 is 0 Å². The number of hydrogen-bond acceptors (Lipinski definition) is 2. The van der Waals surface area contributed by atoms with E-state index in [1.807, 2.05) is 19.3 Å². The molecule has 0 atom stereocenters. The molecule has 102 valence electrons. The quantitative estimate of drug-likeness (QED) is 0.718. The first-order valence-electron chi connectivity index (χ1n) is 7.00. The Balaban J connectivity index is 1.62. The molecular weight excluding hydrogens is 246 g/mol. The van der Waals surface area contributed by atoms with E-state index < -0.39 is 0 Å². The third kappa shape index (κ3) is 2.73. The van der Waals surface area contributed by atoms with E-state index in [-0.39, 0.29) is 0 Å². The summed E-state index contributed by atoms with van der Waals surface area (Å²) in [5.41, 5.74) is 1.35. The summed E-state index contributed by atoms with van der Waals surface area (Å²) in [6.07, 6.45) is 3.87. The summed E-state index contributed by atoms with van der Waals surface area (Å²) >= 11 is 0. The minimum Gasteiger partial charge on any atom is -0.334 e. The van der Waals surface area contributed by atoms with Gasteiger partial charge in [-0.25, -0.2) is 4.98 Å². The molecule has 0 saturated carbocycles. The van der Waals surface area contributed by atoms with Crippen LogP contribution in [0.2, 0.25) is 0 Å². The first-order valence-corrected chi connectivity index (χ1v) is 7.00. The third-order valence-electron chi connectivity index (χ3n) is 3.65. The lowest BCUT2D eigenvalue weighted by Gasteiger charge is -2.09. The van der Waals surface area contributed by atoms with Crippen LogP contribution >= 0.6 is 0 Å². The van der Waals surface area contributed by atoms with Crippen LogP contribution in [0.3, 0.4) is 0 Å². The predicted molar refractivity (Wildman–Crippen MR) is 82.6 cm³/mol. The maximum atomic E-state index is 4.23. The zero-order valence-corrected chi connectivity index (χ0v) is 11.7. The molecule has 0 saturated heterocycles. The number of nitrogens with zero attached hydrogens (tertiary/aromatic N) is 2. The Labute approximate surface area is 119 Å². The average molecular weight is 265 g/mol. The van der Waals surface area contributed by atoms with Crippen molar-refractivity contribution in [3.8, 4) is 0 Å². The second-order valence-corrected chi connectivity index (χ2v) is 4.98. The molecule has 1 heterocycles. The van der Waals surface area contributed by atoms with Gasteiger partial charge in [-0.05, 0) is 23.3 Å². The predicted octanol–water partition coefficient (Wildman–Crippen LogP) is 3.13. The molecule has 0 aliphatic heterocycles. The Hall–Kier alpha value is -2.13. The molecule has 2 aromatic carbocycles. The Bertz CT molecular complexity index is 695. The number of imidazole rings is 1. The number of nitrogens with one attached hydrogen (secondary N) is 1. The summed E-state index contributed by atoms with van der Waals surface area (Å²) in [6.45, 7) is 4.83. The molecule has 20 heavy (non-hydrogen) atoms. The number of benzene rings is 2. The van der Waals surface area contributed by atoms with E-state index in [1.165, 1.54) is 16.3 Å². The van der Waals surface area contributed by atoms with E-state index in [2.05, 4.69) is 57.3 Å². The molecule has 0 radical (unpaired) electrons. The van der Waals surface area contributed by atoms with Crippen LogP contribution in [-0.2, 0) is 13.1 Å². The van der Waals surface area contributed by atoms with E-state index in [4.69, 9.17) is 0 Å². The maximum Gasteiger partial charge on any atom is 0.105 e. The van der Waals surface area contributed by atoms with Gasteiger partial charge in [0.25, 0.3) is 0 Å². The number of fused-ring (bicyclic) bond motifs is 1. The Kier molecular flexibility index (Phi) is 3.79. The Morgan fingerprint density at radius 2 is 1.95 bits per heavy atom. The number of aromatic nitrogens is 2. The molecule has 0 amide bonds. The van der Waals surface area contributed by atoms with Gasteiger partial charge in [-0.15, -0.1) is 0 Å². The van der Waals surface area contributed by atoms with Gasteiger partial charge in [-0.2, -0.15) is 0 Å². The van der Waals surface area contributed by atoms with Crippen molar-refractivity contribution in [3.63, 3.8) is 0 Å². The standard InChI is InChI=1S/C17H19N3/c1-14-19-10-12-20(14)11-9-18-13-16-7-4-6-15-5-2-3-8-17(15)16/h2-8,10,12,18H,9,11,13H2,1H3. The largest absolute Gasteiger partial charge is 0.334 e. The molecule has 1 aromatic heterocycles. The highest BCUT2D eigenvalue weighted by Crippen LogP contribution is 2.18. The first-order chi connectivity index (χ1) is 9.84. The monoisotopic (exact) mass is 265 g/mol. The summed E-state index contributed by atoms with van der Waals surface area (Å²) in [6, 6.07) is 15.0. The second-order valence-electron chi connectivity index (χ2n) is 4.98. The molecule has 0 unspecified atom stereocenters. The minimum atomic E-state index is 0.898.